The summed E-state index contributed by atoms with van der Waals surface area (Å²) in [6, 6.07) is 30.7. The molecule has 0 unspecified atom stereocenters. The number of rotatable bonds is 5. The van der Waals surface area contributed by atoms with Crippen LogP contribution in [0.1, 0.15) is 16.7 Å². The molecule has 0 bridgehead atoms. The molecule has 0 N–H and O–H groups in total. The van der Waals surface area contributed by atoms with Crippen LogP contribution in [-0.2, 0) is 11.3 Å². The van der Waals surface area contributed by atoms with Gasteiger partial charge in [0.1, 0.15) is 12.4 Å². The first kappa shape index (κ1) is 14.2. The van der Waals surface area contributed by atoms with Crippen LogP contribution in [0.25, 0.3) is 11.8 Å². The summed E-state index contributed by atoms with van der Waals surface area (Å²) in [4.78, 5) is 0. The molecule has 0 saturated heterocycles. The van der Waals surface area contributed by atoms with Crippen LogP contribution in [0.5, 0.6) is 0 Å². The Morgan fingerprint density at radius 3 is 1.86 bits per heavy atom. The molecule has 22 heavy (non-hydrogen) atoms. The summed E-state index contributed by atoms with van der Waals surface area (Å²) in [5.41, 5.74) is 3.38. The smallest absolute Gasteiger partial charge is 0.127 e. The first-order chi connectivity index (χ1) is 10.9. The van der Waals surface area contributed by atoms with E-state index in [0.717, 1.165) is 22.4 Å². The summed E-state index contributed by atoms with van der Waals surface area (Å²) in [5.74, 6) is 0.885. The Kier molecular flexibility index (Phi) is 4.68. The van der Waals surface area contributed by atoms with Crippen molar-refractivity contribution in [2.75, 3.05) is 0 Å². The molecule has 0 fully saturated rings. The maximum atomic E-state index is 6.08. The van der Waals surface area contributed by atoms with E-state index in [9.17, 15) is 0 Å². The summed E-state index contributed by atoms with van der Waals surface area (Å²) in [6.45, 7) is 0.564. The van der Waals surface area contributed by atoms with E-state index >= 15 is 0 Å². The summed E-state index contributed by atoms with van der Waals surface area (Å²) >= 11 is 0. The molecule has 0 aromatic heterocycles. The molecule has 0 amide bonds. The zero-order valence-electron chi connectivity index (χ0n) is 12.4. The second-order valence-electron chi connectivity index (χ2n) is 5.06. The maximum Gasteiger partial charge on any atom is 0.127 e. The SMILES string of the molecule is C(=C(/OCc1ccccc1)c1ccccc1)/c1ccccc1. The van der Waals surface area contributed by atoms with Gasteiger partial charge in [0, 0.05) is 5.56 Å². The zero-order chi connectivity index (χ0) is 15.0. The van der Waals surface area contributed by atoms with Crippen LogP contribution in [-0.4, -0.2) is 0 Å². The van der Waals surface area contributed by atoms with Gasteiger partial charge >= 0.3 is 0 Å². The van der Waals surface area contributed by atoms with Crippen molar-refractivity contribution in [3.05, 3.63) is 108 Å². The molecule has 0 aliphatic carbocycles. The largest absolute Gasteiger partial charge is 0.488 e. The van der Waals surface area contributed by atoms with Gasteiger partial charge in [-0.05, 0) is 17.2 Å². The Labute approximate surface area is 131 Å². The van der Waals surface area contributed by atoms with Crippen molar-refractivity contribution in [2.24, 2.45) is 0 Å². The van der Waals surface area contributed by atoms with E-state index < -0.39 is 0 Å². The summed E-state index contributed by atoms with van der Waals surface area (Å²) < 4.78 is 6.08. The lowest BCUT2D eigenvalue weighted by Gasteiger charge is -2.11. The molecule has 108 valence electrons. The number of benzene rings is 3. The van der Waals surface area contributed by atoms with Gasteiger partial charge in [0.05, 0.1) is 0 Å². The molecular weight excluding hydrogens is 268 g/mol. The molecule has 1 heteroatoms. The van der Waals surface area contributed by atoms with Crippen molar-refractivity contribution in [2.45, 2.75) is 6.61 Å². The second kappa shape index (κ2) is 7.28. The highest BCUT2D eigenvalue weighted by Gasteiger charge is 2.03. The highest BCUT2D eigenvalue weighted by Crippen LogP contribution is 2.21. The minimum absolute atomic E-state index is 0.564. The van der Waals surface area contributed by atoms with Crippen molar-refractivity contribution in [1.29, 1.82) is 0 Å². The van der Waals surface area contributed by atoms with Gasteiger partial charge < -0.3 is 4.74 Å². The van der Waals surface area contributed by atoms with Crippen LogP contribution in [0.4, 0.5) is 0 Å². The Bertz CT molecular complexity index is 716. The fourth-order valence-corrected chi connectivity index (χ4v) is 2.25. The Hall–Kier alpha value is -2.80. The molecule has 3 aromatic rings. The van der Waals surface area contributed by atoms with Crippen molar-refractivity contribution >= 4 is 11.8 Å². The normalized spacial score (nSPS) is 11.2. The topological polar surface area (TPSA) is 9.23 Å². The fourth-order valence-electron chi connectivity index (χ4n) is 2.25. The summed E-state index contributed by atoms with van der Waals surface area (Å²) in [7, 11) is 0. The third kappa shape index (κ3) is 3.86. The summed E-state index contributed by atoms with van der Waals surface area (Å²) in [6.07, 6.45) is 2.08. The molecule has 3 aromatic carbocycles. The number of hydrogen-bond donors (Lipinski definition) is 0. The van der Waals surface area contributed by atoms with E-state index in [1.54, 1.807) is 0 Å². The van der Waals surface area contributed by atoms with Crippen LogP contribution in [0.15, 0.2) is 91.0 Å². The van der Waals surface area contributed by atoms with Gasteiger partial charge in [0.15, 0.2) is 0 Å². The zero-order valence-corrected chi connectivity index (χ0v) is 12.4. The van der Waals surface area contributed by atoms with Gasteiger partial charge in [-0.2, -0.15) is 0 Å². The van der Waals surface area contributed by atoms with Crippen LogP contribution in [0.3, 0.4) is 0 Å². The van der Waals surface area contributed by atoms with Crippen LogP contribution in [0.2, 0.25) is 0 Å². The number of ether oxygens (including phenoxy) is 1. The monoisotopic (exact) mass is 286 g/mol. The molecular formula is C21H18O. The summed E-state index contributed by atoms with van der Waals surface area (Å²) in [5, 5.41) is 0. The van der Waals surface area contributed by atoms with Crippen molar-refractivity contribution in [1.82, 2.24) is 0 Å². The highest BCUT2D eigenvalue weighted by molar-refractivity contribution is 5.77. The number of hydrogen-bond acceptors (Lipinski definition) is 1. The fraction of sp³-hybridized carbons (Fsp3) is 0.0476. The van der Waals surface area contributed by atoms with Crippen LogP contribution in [0, 0.1) is 0 Å². The average molecular weight is 286 g/mol. The first-order valence-corrected chi connectivity index (χ1v) is 7.41. The van der Waals surface area contributed by atoms with Gasteiger partial charge in [-0.3, -0.25) is 0 Å². The lowest BCUT2D eigenvalue weighted by molar-refractivity contribution is 0.266. The van der Waals surface area contributed by atoms with Crippen molar-refractivity contribution in [3.8, 4) is 0 Å². The molecule has 0 saturated carbocycles. The van der Waals surface area contributed by atoms with E-state index in [1.807, 2.05) is 54.6 Å². The lowest BCUT2D eigenvalue weighted by atomic mass is 10.1. The van der Waals surface area contributed by atoms with Crippen LogP contribution < -0.4 is 0 Å². The van der Waals surface area contributed by atoms with E-state index in [0.29, 0.717) is 6.61 Å². The molecule has 0 spiro atoms. The minimum atomic E-state index is 0.564. The Morgan fingerprint density at radius 2 is 1.23 bits per heavy atom. The molecule has 3 rings (SSSR count). The lowest BCUT2D eigenvalue weighted by Crippen LogP contribution is -1.94. The van der Waals surface area contributed by atoms with Gasteiger partial charge in [-0.15, -0.1) is 0 Å². The predicted molar refractivity (Wildman–Crippen MR) is 92.0 cm³/mol. The molecule has 1 nitrogen and oxygen atoms in total. The van der Waals surface area contributed by atoms with Gasteiger partial charge in [-0.25, -0.2) is 0 Å². The molecule has 0 radical (unpaired) electrons. The van der Waals surface area contributed by atoms with E-state index in [1.165, 1.54) is 0 Å². The average Bonchev–Trinajstić information content (AvgIpc) is 2.61. The Balaban J connectivity index is 1.85. The third-order valence-corrected chi connectivity index (χ3v) is 3.39. The Morgan fingerprint density at radius 1 is 0.682 bits per heavy atom. The molecule has 0 heterocycles. The van der Waals surface area contributed by atoms with Gasteiger partial charge in [0.2, 0.25) is 0 Å². The standard InChI is InChI=1S/C21H18O/c1-4-10-18(11-5-1)16-21(20-14-8-3-9-15-20)22-17-19-12-6-2-7-13-19/h1-16H,17H2/b21-16-. The second-order valence-corrected chi connectivity index (χ2v) is 5.06. The van der Waals surface area contributed by atoms with E-state index in [-0.39, 0.29) is 0 Å². The predicted octanol–water partition coefficient (Wildman–Crippen LogP) is 5.40. The van der Waals surface area contributed by atoms with Gasteiger partial charge in [-0.1, -0.05) is 91.0 Å². The van der Waals surface area contributed by atoms with Crippen molar-refractivity contribution < 1.29 is 4.74 Å². The first-order valence-electron chi connectivity index (χ1n) is 7.41. The minimum Gasteiger partial charge on any atom is -0.488 e. The maximum absolute atomic E-state index is 6.08. The highest BCUT2D eigenvalue weighted by atomic mass is 16.5. The molecule has 0 aliphatic heterocycles. The quantitative estimate of drug-likeness (QED) is 0.450. The van der Waals surface area contributed by atoms with E-state index in [2.05, 4.69) is 42.5 Å². The third-order valence-electron chi connectivity index (χ3n) is 3.39. The van der Waals surface area contributed by atoms with Crippen LogP contribution >= 0.6 is 0 Å². The molecule has 0 aliphatic rings. The van der Waals surface area contributed by atoms with Crippen molar-refractivity contribution in [3.63, 3.8) is 0 Å². The van der Waals surface area contributed by atoms with E-state index in [4.69, 9.17) is 4.74 Å². The molecule has 0 atom stereocenters. The van der Waals surface area contributed by atoms with Gasteiger partial charge in [0.25, 0.3) is 0 Å².